The maximum atomic E-state index is 12.6. The average Bonchev–Trinajstić information content (AvgIpc) is 2.65. The predicted octanol–water partition coefficient (Wildman–Crippen LogP) is 3.11. The zero-order valence-corrected chi connectivity index (χ0v) is 12.0. The Morgan fingerprint density at radius 1 is 1.53 bits per heavy atom. The highest BCUT2D eigenvalue weighted by molar-refractivity contribution is 6.32. The molecule has 1 fully saturated rings. The van der Waals surface area contributed by atoms with Crippen LogP contribution in [-0.4, -0.2) is 28.4 Å². The highest BCUT2D eigenvalue weighted by atomic mass is 35.5. The number of nitrogens with zero attached hydrogens (tertiary/aromatic N) is 2. The van der Waals surface area contributed by atoms with Crippen molar-refractivity contribution < 1.29 is 4.79 Å². The van der Waals surface area contributed by atoms with Crippen LogP contribution < -0.4 is 5.73 Å². The second-order valence-electron chi connectivity index (χ2n) is 5.02. The van der Waals surface area contributed by atoms with Crippen LogP contribution in [0.5, 0.6) is 0 Å². The van der Waals surface area contributed by atoms with Gasteiger partial charge in [0.1, 0.15) is 5.15 Å². The molecule has 0 bridgehead atoms. The number of nitrogens with two attached hydrogens (primary N) is 1. The molecule has 0 aliphatic carbocycles. The summed E-state index contributed by atoms with van der Waals surface area (Å²) >= 11 is 6.03. The van der Waals surface area contributed by atoms with Crippen LogP contribution in [0.1, 0.15) is 49.4 Å². The van der Waals surface area contributed by atoms with Crippen molar-refractivity contribution in [1.82, 2.24) is 9.88 Å². The predicted molar refractivity (Wildman–Crippen MR) is 77.2 cm³/mol. The van der Waals surface area contributed by atoms with Crippen molar-refractivity contribution in [3.63, 3.8) is 0 Å². The number of likely N-dealkylation sites (tertiary alicyclic amines) is 1. The SMILES string of the molecule is CCC1CCCCCN1C(=O)c1cc(N)cnc1Cl. The molecule has 2 rings (SSSR count). The molecule has 0 saturated carbocycles. The van der Waals surface area contributed by atoms with Gasteiger partial charge in [0.15, 0.2) is 0 Å². The molecular weight excluding hydrogens is 262 g/mol. The minimum Gasteiger partial charge on any atom is -0.397 e. The van der Waals surface area contributed by atoms with E-state index < -0.39 is 0 Å². The van der Waals surface area contributed by atoms with Crippen molar-refractivity contribution in [2.24, 2.45) is 0 Å². The number of amides is 1. The lowest BCUT2D eigenvalue weighted by atomic mass is 10.1. The van der Waals surface area contributed by atoms with Crippen molar-refractivity contribution in [3.05, 3.63) is 23.0 Å². The number of carbonyl (C=O) groups is 1. The fourth-order valence-electron chi connectivity index (χ4n) is 2.64. The number of anilines is 1. The summed E-state index contributed by atoms with van der Waals surface area (Å²) in [6.45, 7) is 2.91. The molecule has 104 valence electrons. The van der Waals surface area contributed by atoms with Gasteiger partial charge in [-0.3, -0.25) is 4.79 Å². The topological polar surface area (TPSA) is 59.2 Å². The number of carbonyl (C=O) groups excluding carboxylic acids is 1. The summed E-state index contributed by atoms with van der Waals surface area (Å²) < 4.78 is 0. The van der Waals surface area contributed by atoms with Crippen molar-refractivity contribution >= 4 is 23.2 Å². The summed E-state index contributed by atoms with van der Waals surface area (Å²) in [6.07, 6.45) is 6.93. The van der Waals surface area contributed by atoms with Crippen LogP contribution in [0.3, 0.4) is 0 Å². The second kappa shape index (κ2) is 6.24. The molecule has 1 aromatic rings. The zero-order valence-electron chi connectivity index (χ0n) is 11.2. The molecule has 1 unspecified atom stereocenters. The number of hydrogen-bond acceptors (Lipinski definition) is 3. The van der Waals surface area contributed by atoms with Gasteiger partial charge >= 0.3 is 0 Å². The van der Waals surface area contributed by atoms with Gasteiger partial charge in [0, 0.05) is 12.6 Å². The average molecular weight is 282 g/mol. The zero-order chi connectivity index (χ0) is 13.8. The van der Waals surface area contributed by atoms with Crippen LogP contribution in [0.2, 0.25) is 5.15 Å². The molecule has 19 heavy (non-hydrogen) atoms. The van der Waals surface area contributed by atoms with Gasteiger partial charge in [-0.05, 0) is 25.3 Å². The standard InChI is InChI=1S/C14H20ClN3O/c1-2-11-6-4-3-5-7-18(11)14(19)12-8-10(16)9-17-13(12)15/h8-9,11H,2-7,16H2,1H3. The molecule has 4 nitrogen and oxygen atoms in total. The van der Waals surface area contributed by atoms with Crippen LogP contribution in [0, 0.1) is 0 Å². The Hall–Kier alpha value is -1.29. The quantitative estimate of drug-likeness (QED) is 0.848. The number of halogens is 1. The third kappa shape index (κ3) is 3.18. The minimum absolute atomic E-state index is 0.0430. The van der Waals surface area contributed by atoms with Gasteiger partial charge in [-0.15, -0.1) is 0 Å². The summed E-state index contributed by atoms with van der Waals surface area (Å²) in [5.74, 6) is -0.0430. The minimum atomic E-state index is -0.0430. The summed E-state index contributed by atoms with van der Waals surface area (Å²) in [5, 5.41) is 0.235. The third-order valence-electron chi connectivity index (χ3n) is 3.70. The van der Waals surface area contributed by atoms with Crippen molar-refractivity contribution in [1.29, 1.82) is 0 Å². The summed E-state index contributed by atoms with van der Waals surface area (Å²) in [7, 11) is 0. The molecule has 1 saturated heterocycles. The molecule has 5 heteroatoms. The van der Waals surface area contributed by atoms with Gasteiger partial charge in [-0.1, -0.05) is 31.4 Å². The van der Waals surface area contributed by atoms with Crippen molar-refractivity contribution in [2.45, 2.75) is 45.1 Å². The highest BCUT2D eigenvalue weighted by Crippen LogP contribution is 2.24. The van der Waals surface area contributed by atoms with E-state index in [1.807, 2.05) is 4.90 Å². The number of pyridine rings is 1. The van der Waals surface area contributed by atoms with Gasteiger partial charge < -0.3 is 10.6 Å². The van der Waals surface area contributed by atoms with E-state index in [1.165, 1.54) is 19.0 Å². The Bertz CT molecular complexity index is 464. The molecule has 2 N–H and O–H groups in total. The lowest BCUT2D eigenvalue weighted by Crippen LogP contribution is -2.39. The van der Waals surface area contributed by atoms with Gasteiger partial charge in [-0.2, -0.15) is 0 Å². The Morgan fingerprint density at radius 3 is 3.05 bits per heavy atom. The van der Waals surface area contributed by atoms with Gasteiger partial charge in [0.2, 0.25) is 0 Å². The molecule has 0 radical (unpaired) electrons. The Morgan fingerprint density at radius 2 is 2.32 bits per heavy atom. The van der Waals surface area contributed by atoms with E-state index in [0.717, 1.165) is 25.8 Å². The highest BCUT2D eigenvalue weighted by Gasteiger charge is 2.26. The molecule has 0 aromatic carbocycles. The molecule has 1 aromatic heterocycles. The van der Waals surface area contributed by atoms with Gasteiger partial charge in [0.05, 0.1) is 17.4 Å². The first kappa shape index (κ1) is 14.1. The van der Waals surface area contributed by atoms with Crippen LogP contribution in [0.25, 0.3) is 0 Å². The largest absolute Gasteiger partial charge is 0.397 e. The van der Waals surface area contributed by atoms with E-state index in [-0.39, 0.29) is 11.1 Å². The van der Waals surface area contributed by atoms with E-state index in [0.29, 0.717) is 17.3 Å². The normalized spacial score (nSPS) is 20.1. The molecule has 0 spiro atoms. The fourth-order valence-corrected chi connectivity index (χ4v) is 2.82. The Balaban J connectivity index is 2.27. The molecule has 1 aliphatic rings. The van der Waals surface area contributed by atoms with Crippen molar-refractivity contribution in [3.8, 4) is 0 Å². The van der Waals surface area contributed by atoms with Crippen molar-refractivity contribution in [2.75, 3.05) is 12.3 Å². The fraction of sp³-hybridized carbons (Fsp3) is 0.571. The first-order valence-electron chi connectivity index (χ1n) is 6.85. The lowest BCUT2D eigenvalue weighted by Gasteiger charge is -2.29. The summed E-state index contributed by atoms with van der Waals surface area (Å²) in [4.78, 5) is 18.5. The molecular formula is C14H20ClN3O. The van der Waals surface area contributed by atoms with E-state index in [2.05, 4.69) is 11.9 Å². The van der Waals surface area contributed by atoms with E-state index in [9.17, 15) is 4.79 Å². The second-order valence-corrected chi connectivity index (χ2v) is 5.37. The van der Waals surface area contributed by atoms with Gasteiger partial charge in [-0.25, -0.2) is 4.98 Å². The molecule has 2 heterocycles. The van der Waals surface area contributed by atoms with E-state index in [4.69, 9.17) is 17.3 Å². The summed E-state index contributed by atoms with van der Waals surface area (Å²) in [5.41, 5.74) is 6.59. The van der Waals surface area contributed by atoms with Crippen LogP contribution in [-0.2, 0) is 0 Å². The van der Waals surface area contributed by atoms with Crippen LogP contribution in [0.15, 0.2) is 12.3 Å². The lowest BCUT2D eigenvalue weighted by molar-refractivity contribution is 0.0678. The first-order chi connectivity index (χ1) is 9.13. The Kier molecular flexibility index (Phi) is 4.64. The third-order valence-corrected chi connectivity index (χ3v) is 4.00. The molecule has 1 amide bonds. The van der Waals surface area contributed by atoms with Crippen LogP contribution >= 0.6 is 11.6 Å². The van der Waals surface area contributed by atoms with E-state index in [1.54, 1.807) is 6.07 Å². The molecule has 1 aliphatic heterocycles. The van der Waals surface area contributed by atoms with Gasteiger partial charge in [0.25, 0.3) is 5.91 Å². The monoisotopic (exact) mass is 281 g/mol. The smallest absolute Gasteiger partial charge is 0.257 e. The number of rotatable bonds is 2. The summed E-state index contributed by atoms with van der Waals surface area (Å²) in [6, 6.07) is 1.92. The number of aromatic nitrogens is 1. The molecule has 1 atom stereocenters. The first-order valence-corrected chi connectivity index (χ1v) is 7.23. The number of nitrogen functional groups attached to an aromatic ring is 1. The maximum Gasteiger partial charge on any atom is 0.257 e. The van der Waals surface area contributed by atoms with Crippen LogP contribution in [0.4, 0.5) is 5.69 Å². The maximum absolute atomic E-state index is 12.6. The number of hydrogen-bond donors (Lipinski definition) is 1. The Labute approximate surface area is 118 Å². The van der Waals surface area contributed by atoms with E-state index >= 15 is 0 Å².